The molecule has 0 saturated heterocycles. The van der Waals surface area contributed by atoms with E-state index in [-0.39, 0.29) is 24.8 Å². The van der Waals surface area contributed by atoms with Gasteiger partial charge < -0.3 is 0 Å². The van der Waals surface area contributed by atoms with E-state index in [0.29, 0.717) is 8.45 Å². The van der Waals surface area contributed by atoms with E-state index in [0.717, 1.165) is 0 Å². The first kappa shape index (κ1) is 20.1. The van der Waals surface area contributed by atoms with E-state index in [1.165, 1.54) is 24.2 Å². The van der Waals surface area contributed by atoms with Crippen molar-refractivity contribution in [1.82, 2.24) is 0 Å². The van der Waals surface area contributed by atoms with Gasteiger partial charge in [0.15, 0.2) is 0 Å². The van der Waals surface area contributed by atoms with E-state index in [4.69, 9.17) is 0 Å². The third-order valence-electron chi connectivity index (χ3n) is 5.64. The zero-order chi connectivity index (χ0) is 15.4. The molecule has 4 heteroatoms. The van der Waals surface area contributed by atoms with Crippen LogP contribution in [0.1, 0.15) is 30.7 Å². The number of hydrogen-bond acceptors (Lipinski definition) is 0. The third-order valence-corrected chi connectivity index (χ3v) is 21.2. The fourth-order valence-corrected chi connectivity index (χ4v) is 17.4. The molecule has 2 aromatic carbocycles. The van der Waals surface area contributed by atoms with Gasteiger partial charge >= 0.3 is 140 Å². The normalized spacial score (nSPS) is 20.8. The van der Waals surface area contributed by atoms with Gasteiger partial charge in [0.25, 0.3) is 0 Å². The standard InChI is InChI=1S/2C9H7.2CH3.2ClH.GeH2.Ti/c2*1-2-5-9-7-3-6-8(9)4-1;;;;;;/h2*1-7H;2*1H3;2*1H;1H2;. The van der Waals surface area contributed by atoms with E-state index >= 15 is 0 Å². The van der Waals surface area contributed by atoms with Crippen molar-refractivity contribution in [2.45, 2.75) is 18.9 Å². The average molecular weight is 456 g/mol. The summed E-state index contributed by atoms with van der Waals surface area (Å²) in [6, 6.07) is 18.0. The number of fused-ring (bicyclic) bond motifs is 2. The van der Waals surface area contributed by atoms with Gasteiger partial charge in [-0.2, -0.15) is 0 Å². The quantitative estimate of drug-likeness (QED) is 0.510. The minimum atomic E-state index is -2.68. The van der Waals surface area contributed by atoms with E-state index in [9.17, 15) is 0 Å². The van der Waals surface area contributed by atoms with Crippen molar-refractivity contribution in [2.24, 2.45) is 0 Å². The Morgan fingerprint density at radius 3 is 1.50 bits per heavy atom. The SMILES string of the molecule is Cl.Cl.[CH3][Ti]([CH3])(=[GeH2])([CH]1C=Cc2ccccc21)[CH]1C=Cc2ccccc21. The first-order valence-electron chi connectivity index (χ1n) is 8.07. The number of benzene rings is 2. The number of hydrogen-bond donors (Lipinski definition) is 0. The summed E-state index contributed by atoms with van der Waals surface area (Å²) < 4.78 is 1.35. The second-order valence-electron chi connectivity index (χ2n) is 7.87. The minimum absolute atomic E-state index is 0. The summed E-state index contributed by atoms with van der Waals surface area (Å²) in [7, 11) is 0. The van der Waals surface area contributed by atoms with Crippen molar-refractivity contribution >= 4 is 50.1 Å². The summed E-state index contributed by atoms with van der Waals surface area (Å²) in [6.07, 6.45) is 9.74. The summed E-state index contributed by atoms with van der Waals surface area (Å²) in [6.45, 7) is 0. The molecule has 0 fully saturated rings. The molecule has 0 heterocycles. The Labute approximate surface area is 163 Å². The fraction of sp³-hybridized carbons (Fsp3) is 0.200. The van der Waals surface area contributed by atoms with Gasteiger partial charge in [-0.1, -0.05) is 0 Å². The van der Waals surface area contributed by atoms with Crippen LogP contribution >= 0.6 is 24.8 Å². The van der Waals surface area contributed by atoms with Gasteiger partial charge in [0, 0.05) is 0 Å². The van der Waals surface area contributed by atoms with E-state index in [1.54, 1.807) is 11.1 Å². The topological polar surface area (TPSA) is 0 Å². The molecular formula is C20H24Cl2GeTi. The average Bonchev–Trinajstić information content (AvgIpc) is 3.12. The number of halogens is 2. The molecule has 0 amide bonds. The van der Waals surface area contributed by atoms with Crippen LogP contribution in [0.25, 0.3) is 12.2 Å². The molecular weight excluding hydrogens is 432 g/mol. The van der Waals surface area contributed by atoms with Crippen molar-refractivity contribution < 1.29 is 12.5 Å². The van der Waals surface area contributed by atoms with Gasteiger partial charge in [-0.05, 0) is 0 Å². The van der Waals surface area contributed by atoms with Crippen LogP contribution < -0.4 is 0 Å². The molecule has 2 aliphatic rings. The Morgan fingerprint density at radius 2 is 1.08 bits per heavy atom. The van der Waals surface area contributed by atoms with Crippen molar-refractivity contribution in [1.29, 1.82) is 0 Å². The van der Waals surface area contributed by atoms with Gasteiger partial charge in [0.2, 0.25) is 0 Å². The molecule has 2 aliphatic carbocycles. The van der Waals surface area contributed by atoms with E-state index in [2.05, 4.69) is 83.3 Å². The van der Waals surface area contributed by atoms with Crippen molar-refractivity contribution in [3.8, 4) is 0 Å². The van der Waals surface area contributed by atoms with Crippen LogP contribution in [-0.4, -0.2) is 13.1 Å². The molecule has 0 radical (unpaired) electrons. The summed E-state index contributed by atoms with van der Waals surface area (Å²) in [5.41, 5.74) is 6.04. The molecule has 2 aromatic rings. The van der Waals surface area contributed by atoms with Crippen molar-refractivity contribution in [3.63, 3.8) is 0 Å². The van der Waals surface area contributed by atoms with Crippen LogP contribution in [0.4, 0.5) is 0 Å². The molecule has 0 aliphatic heterocycles. The summed E-state index contributed by atoms with van der Waals surface area (Å²) in [5.74, 6) is 0. The van der Waals surface area contributed by atoms with Gasteiger partial charge in [-0.15, -0.1) is 24.8 Å². The predicted octanol–water partition coefficient (Wildman–Crippen LogP) is 5.70. The van der Waals surface area contributed by atoms with Crippen LogP contribution in [0.5, 0.6) is 0 Å². The summed E-state index contributed by atoms with van der Waals surface area (Å²) in [5, 5.41) is 5.34. The van der Waals surface area contributed by atoms with Crippen molar-refractivity contribution in [2.75, 3.05) is 0 Å². The maximum atomic E-state index is 2.67. The van der Waals surface area contributed by atoms with E-state index < -0.39 is 12.5 Å². The number of allylic oxidation sites excluding steroid dienone is 2. The molecule has 2 unspecified atom stereocenters. The summed E-state index contributed by atoms with van der Waals surface area (Å²) in [4.78, 5) is 0. The second-order valence-corrected chi connectivity index (χ2v) is 38.3. The predicted molar refractivity (Wildman–Crippen MR) is 111 cm³/mol. The van der Waals surface area contributed by atoms with Gasteiger partial charge in [0.05, 0.1) is 0 Å². The second kappa shape index (κ2) is 6.82. The van der Waals surface area contributed by atoms with Gasteiger partial charge in [0.1, 0.15) is 0 Å². The van der Waals surface area contributed by atoms with Crippen LogP contribution in [0, 0.1) is 0 Å². The van der Waals surface area contributed by atoms with E-state index in [1.807, 2.05) is 0 Å². The number of rotatable bonds is 2. The van der Waals surface area contributed by atoms with Gasteiger partial charge in [-0.25, -0.2) is 0 Å². The molecule has 0 spiro atoms. The molecule has 0 saturated carbocycles. The van der Waals surface area contributed by atoms with Crippen LogP contribution in [0.15, 0.2) is 60.7 Å². The molecule has 0 aromatic heterocycles. The van der Waals surface area contributed by atoms with Crippen LogP contribution in [0.3, 0.4) is 0 Å². The first-order valence-corrected chi connectivity index (χ1v) is 20.2. The maximum absolute atomic E-state index is 2.68. The Kier molecular flexibility index (Phi) is 5.70. The Balaban J connectivity index is 0.00000104. The Bertz CT molecular complexity index is 825. The molecule has 4 rings (SSSR count). The Hall–Kier alpha value is -0.243. The molecule has 24 heavy (non-hydrogen) atoms. The molecule has 2 atom stereocenters. The molecule has 0 N–H and O–H groups in total. The monoisotopic (exact) mass is 456 g/mol. The van der Waals surface area contributed by atoms with Crippen LogP contribution in [0.2, 0.25) is 10.5 Å². The van der Waals surface area contributed by atoms with Crippen molar-refractivity contribution in [3.05, 3.63) is 82.9 Å². The Morgan fingerprint density at radius 1 is 0.708 bits per heavy atom. The van der Waals surface area contributed by atoms with Gasteiger partial charge in [-0.3, -0.25) is 0 Å². The summed E-state index contributed by atoms with van der Waals surface area (Å²) >= 11 is -1.23. The first-order chi connectivity index (χ1) is 10.5. The zero-order valence-electron chi connectivity index (χ0n) is 14.1. The molecule has 0 nitrogen and oxygen atoms in total. The van der Waals surface area contributed by atoms with Crippen LogP contribution in [-0.2, 0) is 12.5 Å². The zero-order valence-corrected chi connectivity index (χ0v) is 20.3. The fourth-order valence-electron chi connectivity index (χ4n) is 4.35. The third kappa shape index (κ3) is 3.02. The molecule has 0 bridgehead atoms. The molecule has 126 valence electrons.